The summed E-state index contributed by atoms with van der Waals surface area (Å²) in [5, 5.41) is 6.63. The number of hydrogen-bond donors (Lipinski definition) is 1. The molecular weight excluding hydrogens is 276 g/mol. The van der Waals surface area contributed by atoms with Crippen LogP contribution in [0.15, 0.2) is 22.9 Å². The van der Waals surface area contributed by atoms with E-state index in [1.54, 1.807) is 31.6 Å². The Labute approximate surface area is 123 Å². The molecule has 0 atom stereocenters. The van der Waals surface area contributed by atoms with Gasteiger partial charge in [0, 0.05) is 33.4 Å². The molecule has 0 fully saturated rings. The van der Waals surface area contributed by atoms with Crippen LogP contribution in [0.25, 0.3) is 6.08 Å². The van der Waals surface area contributed by atoms with Crippen LogP contribution in [0.3, 0.4) is 0 Å². The van der Waals surface area contributed by atoms with Gasteiger partial charge in [0.1, 0.15) is 0 Å². The summed E-state index contributed by atoms with van der Waals surface area (Å²) in [5.74, 6) is -0.357. The standard InChI is InChI=1S/C14H20N2O3S/c1-16(10-13(17)15-7-3-8-19-2)14(18)5-4-12-6-9-20-11-12/h4-6,9,11H,3,7-8,10H2,1-2H3,(H,15,17)/b5-4+. The first kappa shape index (κ1) is 16.4. The fourth-order valence-corrected chi connectivity index (χ4v) is 2.09. The molecule has 1 heterocycles. The van der Waals surface area contributed by atoms with Gasteiger partial charge >= 0.3 is 0 Å². The molecule has 20 heavy (non-hydrogen) atoms. The van der Waals surface area contributed by atoms with Gasteiger partial charge in [-0.3, -0.25) is 9.59 Å². The number of methoxy groups -OCH3 is 1. The van der Waals surface area contributed by atoms with Crippen LogP contribution in [0, 0.1) is 0 Å². The molecule has 0 saturated carbocycles. The Hall–Kier alpha value is -1.66. The van der Waals surface area contributed by atoms with Gasteiger partial charge < -0.3 is 15.0 Å². The van der Waals surface area contributed by atoms with Crippen molar-refractivity contribution in [3.8, 4) is 0 Å². The van der Waals surface area contributed by atoms with E-state index in [-0.39, 0.29) is 18.4 Å². The van der Waals surface area contributed by atoms with Crippen LogP contribution in [0.2, 0.25) is 0 Å². The number of nitrogens with zero attached hydrogens (tertiary/aromatic N) is 1. The third-order valence-electron chi connectivity index (χ3n) is 2.57. The zero-order valence-corrected chi connectivity index (χ0v) is 12.6. The van der Waals surface area contributed by atoms with Gasteiger partial charge in [0.25, 0.3) is 0 Å². The van der Waals surface area contributed by atoms with Gasteiger partial charge in [0.2, 0.25) is 11.8 Å². The van der Waals surface area contributed by atoms with Crippen LogP contribution in [-0.4, -0.2) is 50.6 Å². The van der Waals surface area contributed by atoms with E-state index < -0.39 is 0 Å². The SMILES string of the molecule is COCCCNC(=O)CN(C)C(=O)/C=C/c1ccsc1. The molecule has 0 aliphatic rings. The minimum atomic E-state index is -0.191. The summed E-state index contributed by atoms with van der Waals surface area (Å²) < 4.78 is 4.89. The Bertz CT molecular complexity index is 443. The number of likely N-dealkylation sites (N-methyl/N-ethyl adjacent to an activating group) is 1. The summed E-state index contributed by atoms with van der Waals surface area (Å²) in [6.45, 7) is 1.22. The first-order valence-corrected chi connectivity index (χ1v) is 7.28. The Morgan fingerprint density at radius 1 is 1.50 bits per heavy atom. The van der Waals surface area contributed by atoms with E-state index >= 15 is 0 Å². The number of carbonyl (C=O) groups excluding carboxylic acids is 2. The van der Waals surface area contributed by atoms with E-state index in [9.17, 15) is 9.59 Å². The molecule has 0 saturated heterocycles. The molecule has 110 valence electrons. The van der Waals surface area contributed by atoms with Crippen LogP contribution in [0.4, 0.5) is 0 Å². The summed E-state index contributed by atoms with van der Waals surface area (Å²) in [6.07, 6.45) is 3.98. The third kappa shape index (κ3) is 6.49. The highest BCUT2D eigenvalue weighted by Gasteiger charge is 2.09. The van der Waals surface area contributed by atoms with Crippen LogP contribution in [-0.2, 0) is 14.3 Å². The van der Waals surface area contributed by atoms with E-state index in [0.29, 0.717) is 13.2 Å². The predicted octanol–water partition coefficient (Wildman–Crippen LogP) is 1.37. The molecule has 1 N–H and O–H groups in total. The molecule has 1 rings (SSSR count). The van der Waals surface area contributed by atoms with E-state index in [2.05, 4.69) is 5.32 Å². The minimum absolute atomic E-state index is 0.0553. The zero-order valence-electron chi connectivity index (χ0n) is 11.8. The smallest absolute Gasteiger partial charge is 0.246 e. The van der Waals surface area contributed by atoms with Crippen molar-refractivity contribution in [2.45, 2.75) is 6.42 Å². The monoisotopic (exact) mass is 296 g/mol. The highest BCUT2D eigenvalue weighted by molar-refractivity contribution is 7.08. The maximum atomic E-state index is 11.8. The van der Waals surface area contributed by atoms with Crippen molar-refractivity contribution >= 4 is 29.2 Å². The van der Waals surface area contributed by atoms with Gasteiger partial charge in [-0.05, 0) is 34.9 Å². The Balaban J connectivity index is 2.28. The van der Waals surface area contributed by atoms with Crippen molar-refractivity contribution in [1.82, 2.24) is 10.2 Å². The van der Waals surface area contributed by atoms with Gasteiger partial charge in [-0.1, -0.05) is 0 Å². The molecule has 0 unspecified atom stereocenters. The maximum Gasteiger partial charge on any atom is 0.246 e. The summed E-state index contributed by atoms with van der Waals surface area (Å²) in [5.41, 5.74) is 0.987. The number of rotatable bonds is 8. The lowest BCUT2D eigenvalue weighted by Gasteiger charge is -2.14. The summed E-state index contributed by atoms with van der Waals surface area (Å²) in [4.78, 5) is 24.8. The van der Waals surface area contributed by atoms with E-state index in [0.717, 1.165) is 12.0 Å². The maximum absolute atomic E-state index is 11.8. The molecule has 2 amide bonds. The summed E-state index contributed by atoms with van der Waals surface area (Å²) in [7, 11) is 3.23. The number of thiophene rings is 1. The third-order valence-corrected chi connectivity index (χ3v) is 3.27. The quantitative estimate of drug-likeness (QED) is 0.582. The average Bonchev–Trinajstić information content (AvgIpc) is 2.94. The minimum Gasteiger partial charge on any atom is -0.385 e. The fourth-order valence-electron chi connectivity index (χ4n) is 1.46. The largest absolute Gasteiger partial charge is 0.385 e. The molecule has 6 heteroatoms. The Morgan fingerprint density at radius 2 is 2.30 bits per heavy atom. The number of hydrogen-bond acceptors (Lipinski definition) is 4. The van der Waals surface area contributed by atoms with Crippen molar-refractivity contribution in [1.29, 1.82) is 0 Å². The zero-order chi connectivity index (χ0) is 14.8. The van der Waals surface area contributed by atoms with Gasteiger partial charge in [-0.25, -0.2) is 0 Å². The molecular formula is C14H20N2O3S. The molecule has 0 aliphatic carbocycles. The number of ether oxygens (including phenoxy) is 1. The van der Waals surface area contributed by atoms with Crippen molar-refractivity contribution in [2.75, 3.05) is 33.9 Å². The number of amides is 2. The molecule has 0 aromatic carbocycles. The van der Waals surface area contributed by atoms with Crippen LogP contribution < -0.4 is 5.32 Å². The van der Waals surface area contributed by atoms with Crippen molar-refractivity contribution in [3.63, 3.8) is 0 Å². The lowest BCUT2D eigenvalue weighted by molar-refractivity contribution is -0.131. The van der Waals surface area contributed by atoms with Gasteiger partial charge in [-0.15, -0.1) is 0 Å². The first-order chi connectivity index (χ1) is 9.63. The summed E-state index contributed by atoms with van der Waals surface area (Å²) >= 11 is 1.57. The normalized spacial score (nSPS) is 10.7. The highest BCUT2D eigenvalue weighted by Crippen LogP contribution is 2.07. The van der Waals surface area contributed by atoms with Crippen LogP contribution >= 0.6 is 11.3 Å². The summed E-state index contributed by atoms with van der Waals surface area (Å²) in [6, 6.07) is 1.93. The lowest BCUT2D eigenvalue weighted by atomic mass is 10.3. The average molecular weight is 296 g/mol. The Morgan fingerprint density at radius 3 is 2.95 bits per heavy atom. The van der Waals surface area contributed by atoms with E-state index in [4.69, 9.17) is 4.74 Å². The van der Waals surface area contributed by atoms with Gasteiger partial charge in [0.05, 0.1) is 6.54 Å². The molecule has 0 bridgehead atoms. The molecule has 5 nitrogen and oxygen atoms in total. The molecule has 0 spiro atoms. The van der Waals surface area contributed by atoms with Crippen LogP contribution in [0.1, 0.15) is 12.0 Å². The van der Waals surface area contributed by atoms with Gasteiger partial charge in [0.15, 0.2) is 0 Å². The highest BCUT2D eigenvalue weighted by atomic mass is 32.1. The second-order valence-corrected chi connectivity index (χ2v) is 5.06. The van der Waals surface area contributed by atoms with E-state index in [1.165, 1.54) is 11.0 Å². The van der Waals surface area contributed by atoms with Crippen molar-refractivity contribution in [3.05, 3.63) is 28.5 Å². The second kappa shape index (κ2) is 9.28. The Kier molecular flexibility index (Phi) is 7.60. The second-order valence-electron chi connectivity index (χ2n) is 4.28. The number of nitrogens with one attached hydrogen (secondary N) is 1. The predicted molar refractivity (Wildman–Crippen MR) is 80.5 cm³/mol. The van der Waals surface area contributed by atoms with Crippen molar-refractivity contribution < 1.29 is 14.3 Å². The van der Waals surface area contributed by atoms with Crippen molar-refractivity contribution in [2.24, 2.45) is 0 Å². The molecule has 0 aliphatic heterocycles. The molecule has 1 aromatic heterocycles. The van der Waals surface area contributed by atoms with Gasteiger partial charge in [-0.2, -0.15) is 11.3 Å². The number of carbonyl (C=O) groups is 2. The first-order valence-electron chi connectivity index (χ1n) is 6.34. The van der Waals surface area contributed by atoms with Crippen LogP contribution in [0.5, 0.6) is 0 Å². The molecule has 1 aromatic rings. The van der Waals surface area contributed by atoms with E-state index in [1.807, 2.05) is 16.8 Å². The molecule has 0 radical (unpaired) electrons. The fraction of sp³-hybridized carbons (Fsp3) is 0.429. The topological polar surface area (TPSA) is 58.6 Å². The lowest BCUT2D eigenvalue weighted by Crippen LogP contribution is -2.38.